The van der Waals surface area contributed by atoms with Crippen LogP contribution in [0.3, 0.4) is 0 Å². The number of aryl methyl sites for hydroxylation is 1. The van der Waals surface area contributed by atoms with Gasteiger partial charge in [-0.3, -0.25) is 4.79 Å². The van der Waals surface area contributed by atoms with Crippen LogP contribution in [-0.2, 0) is 24.2 Å². The average Bonchev–Trinajstić information content (AvgIpc) is 3.03. The average molecular weight is 422 g/mol. The minimum absolute atomic E-state index is 0.0979. The molecular formula is C23H23FN4O3. The molecule has 0 atom stereocenters. The summed E-state index contributed by atoms with van der Waals surface area (Å²) >= 11 is 0. The molecule has 160 valence electrons. The van der Waals surface area contributed by atoms with Crippen LogP contribution in [0.25, 0.3) is 11.4 Å². The number of nitrogens with zero attached hydrogens (tertiary/aromatic N) is 3. The zero-order valence-corrected chi connectivity index (χ0v) is 17.1. The molecule has 1 amide bonds. The van der Waals surface area contributed by atoms with Gasteiger partial charge in [0.1, 0.15) is 24.9 Å². The molecule has 0 saturated carbocycles. The number of benzene rings is 2. The van der Waals surface area contributed by atoms with Gasteiger partial charge in [-0.1, -0.05) is 12.5 Å². The summed E-state index contributed by atoms with van der Waals surface area (Å²) in [5.74, 6) is 2.15. The topological polar surface area (TPSA) is 78.3 Å². The lowest BCUT2D eigenvalue weighted by molar-refractivity contribution is -0.115. The van der Waals surface area contributed by atoms with Gasteiger partial charge >= 0.3 is 0 Å². The highest BCUT2D eigenvalue weighted by molar-refractivity contribution is 5.93. The van der Waals surface area contributed by atoms with Crippen molar-refractivity contribution in [2.75, 3.05) is 18.5 Å². The quantitative estimate of drug-likeness (QED) is 0.693. The number of nitrogens with one attached hydrogen (secondary N) is 1. The molecule has 0 saturated heterocycles. The lowest BCUT2D eigenvalue weighted by Crippen LogP contribution is -2.17. The van der Waals surface area contributed by atoms with Crippen LogP contribution >= 0.6 is 0 Å². The van der Waals surface area contributed by atoms with E-state index in [0.717, 1.165) is 49.2 Å². The van der Waals surface area contributed by atoms with Crippen molar-refractivity contribution in [3.05, 3.63) is 53.6 Å². The molecule has 1 N–H and O–H groups in total. The van der Waals surface area contributed by atoms with Crippen molar-refractivity contribution in [2.45, 2.75) is 38.6 Å². The van der Waals surface area contributed by atoms with E-state index in [-0.39, 0.29) is 18.0 Å². The Balaban J connectivity index is 1.34. The molecule has 0 unspecified atom stereocenters. The van der Waals surface area contributed by atoms with Crippen LogP contribution in [0.5, 0.6) is 11.5 Å². The Kier molecular flexibility index (Phi) is 5.28. The fraction of sp³-hybridized carbons (Fsp3) is 0.348. The monoisotopic (exact) mass is 422 g/mol. The van der Waals surface area contributed by atoms with Crippen molar-refractivity contribution in [1.82, 2.24) is 14.8 Å². The molecule has 0 fully saturated rings. The molecule has 7 nitrogen and oxygen atoms in total. The molecule has 3 aromatic rings. The van der Waals surface area contributed by atoms with E-state index in [1.54, 1.807) is 24.3 Å². The van der Waals surface area contributed by atoms with E-state index >= 15 is 0 Å². The molecule has 1 aromatic heterocycles. The number of aromatic nitrogens is 3. The number of hydrogen-bond donors (Lipinski definition) is 1. The van der Waals surface area contributed by atoms with Gasteiger partial charge in [0.15, 0.2) is 17.3 Å². The number of fused-ring (bicyclic) bond motifs is 2. The third-order valence-corrected chi connectivity index (χ3v) is 5.58. The highest BCUT2D eigenvalue weighted by Gasteiger charge is 2.18. The first-order valence-corrected chi connectivity index (χ1v) is 10.6. The first kappa shape index (κ1) is 19.5. The SMILES string of the molecule is O=C(Cc1ccc2c(c1)OCCO2)Nc1cc(-c2nnc3n2CCCCC3)ccc1F. The maximum atomic E-state index is 14.4. The highest BCUT2D eigenvalue weighted by atomic mass is 19.1. The molecule has 2 aromatic carbocycles. The van der Waals surface area contributed by atoms with Crippen molar-refractivity contribution >= 4 is 11.6 Å². The van der Waals surface area contributed by atoms with Crippen molar-refractivity contribution < 1.29 is 18.7 Å². The van der Waals surface area contributed by atoms with Gasteiger partial charge in [0.2, 0.25) is 5.91 Å². The Bertz CT molecular complexity index is 1130. The molecule has 0 bridgehead atoms. The summed E-state index contributed by atoms with van der Waals surface area (Å²) in [4.78, 5) is 12.6. The van der Waals surface area contributed by atoms with Crippen LogP contribution in [0.1, 0.15) is 30.7 Å². The molecule has 0 aliphatic carbocycles. The predicted octanol–water partition coefficient (Wildman–Crippen LogP) is 3.76. The van der Waals surface area contributed by atoms with Crippen molar-refractivity contribution in [2.24, 2.45) is 0 Å². The summed E-state index contributed by atoms with van der Waals surface area (Å²) in [6.07, 6.45) is 4.32. The van der Waals surface area contributed by atoms with Gasteiger partial charge in [0.25, 0.3) is 0 Å². The van der Waals surface area contributed by atoms with Crippen LogP contribution in [-0.4, -0.2) is 33.9 Å². The largest absolute Gasteiger partial charge is 0.486 e. The third-order valence-electron chi connectivity index (χ3n) is 5.58. The van der Waals surface area contributed by atoms with E-state index in [1.807, 2.05) is 6.07 Å². The van der Waals surface area contributed by atoms with Gasteiger partial charge in [-0.2, -0.15) is 0 Å². The Morgan fingerprint density at radius 2 is 1.90 bits per heavy atom. The number of carbonyl (C=O) groups excluding carboxylic acids is 1. The Morgan fingerprint density at radius 3 is 2.81 bits per heavy atom. The van der Waals surface area contributed by atoms with Crippen LogP contribution in [0, 0.1) is 5.82 Å². The van der Waals surface area contributed by atoms with Gasteiger partial charge in [0.05, 0.1) is 12.1 Å². The first-order valence-electron chi connectivity index (χ1n) is 10.6. The smallest absolute Gasteiger partial charge is 0.228 e. The molecule has 31 heavy (non-hydrogen) atoms. The summed E-state index contributed by atoms with van der Waals surface area (Å²) in [5, 5.41) is 11.3. The highest BCUT2D eigenvalue weighted by Crippen LogP contribution is 2.31. The number of anilines is 1. The van der Waals surface area contributed by atoms with E-state index in [4.69, 9.17) is 9.47 Å². The maximum absolute atomic E-state index is 14.4. The summed E-state index contributed by atoms with van der Waals surface area (Å²) in [6.45, 7) is 1.84. The van der Waals surface area contributed by atoms with Crippen LogP contribution in [0.15, 0.2) is 36.4 Å². The zero-order valence-electron chi connectivity index (χ0n) is 17.1. The number of rotatable bonds is 4. The molecule has 8 heteroatoms. The third kappa shape index (κ3) is 4.10. The van der Waals surface area contributed by atoms with Crippen molar-refractivity contribution in [3.8, 4) is 22.9 Å². The van der Waals surface area contributed by atoms with E-state index < -0.39 is 5.82 Å². The van der Waals surface area contributed by atoms with Crippen molar-refractivity contribution in [3.63, 3.8) is 0 Å². The number of carbonyl (C=O) groups is 1. The summed E-state index contributed by atoms with van der Waals surface area (Å²) < 4.78 is 27.6. The lowest BCUT2D eigenvalue weighted by atomic mass is 10.1. The summed E-state index contributed by atoms with van der Waals surface area (Å²) in [6, 6.07) is 10.0. The Hall–Kier alpha value is -3.42. The number of hydrogen-bond acceptors (Lipinski definition) is 5. The van der Waals surface area contributed by atoms with Crippen LogP contribution in [0.2, 0.25) is 0 Å². The second-order valence-electron chi connectivity index (χ2n) is 7.80. The summed E-state index contributed by atoms with van der Waals surface area (Å²) in [5.41, 5.74) is 1.63. The molecule has 0 spiro atoms. The summed E-state index contributed by atoms with van der Waals surface area (Å²) in [7, 11) is 0. The second-order valence-corrected chi connectivity index (χ2v) is 7.80. The first-order chi connectivity index (χ1) is 15.2. The Labute approximate surface area is 179 Å². The molecular weight excluding hydrogens is 399 g/mol. The van der Waals surface area contributed by atoms with Gasteiger partial charge in [0, 0.05) is 18.5 Å². The van der Waals surface area contributed by atoms with Crippen LogP contribution in [0.4, 0.5) is 10.1 Å². The maximum Gasteiger partial charge on any atom is 0.228 e. The fourth-order valence-corrected chi connectivity index (χ4v) is 4.04. The molecule has 5 rings (SSSR count). The Morgan fingerprint density at radius 1 is 1.03 bits per heavy atom. The van der Waals surface area contributed by atoms with E-state index in [0.29, 0.717) is 30.5 Å². The van der Waals surface area contributed by atoms with E-state index in [2.05, 4.69) is 20.1 Å². The molecule has 3 heterocycles. The van der Waals surface area contributed by atoms with Crippen LogP contribution < -0.4 is 14.8 Å². The normalized spacial score (nSPS) is 15.1. The van der Waals surface area contributed by atoms with Gasteiger partial charge < -0.3 is 19.4 Å². The van der Waals surface area contributed by atoms with Crippen molar-refractivity contribution in [1.29, 1.82) is 0 Å². The van der Waals surface area contributed by atoms with Gasteiger partial charge in [-0.25, -0.2) is 4.39 Å². The van der Waals surface area contributed by atoms with E-state index in [1.165, 1.54) is 6.07 Å². The van der Waals surface area contributed by atoms with Gasteiger partial charge in [-0.15, -0.1) is 10.2 Å². The predicted molar refractivity (Wildman–Crippen MR) is 113 cm³/mol. The number of amides is 1. The minimum Gasteiger partial charge on any atom is -0.486 e. The number of ether oxygens (including phenoxy) is 2. The molecule has 0 radical (unpaired) electrons. The molecule has 2 aliphatic rings. The van der Waals surface area contributed by atoms with Gasteiger partial charge in [-0.05, 0) is 48.7 Å². The minimum atomic E-state index is -0.491. The molecule has 2 aliphatic heterocycles. The standard InChI is InChI=1S/C23H23FN4O3/c24-17-7-6-16(23-27-26-21-4-2-1-3-9-28(21)23)14-18(17)25-22(29)13-15-5-8-19-20(12-15)31-11-10-30-19/h5-8,12,14H,1-4,9-11,13H2,(H,25,29). The lowest BCUT2D eigenvalue weighted by Gasteiger charge is -2.18. The fourth-order valence-electron chi connectivity index (χ4n) is 4.04. The van der Waals surface area contributed by atoms with E-state index in [9.17, 15) is 9.18 Å². The second kappa shape index (κ2) is 8.37. The zero-order chi connectivity index (χ0) is 21.2. The number of halogens is 1.